The number of nitrogens with one attached hydrogen (secondary N) is 1. The molecule has 0 aliphatic rings. The molecule has 0 saturated heterocycles. The highest BCUT2D eigenvalue weighted by Gasteiger charge is 2.38. The van der Waals surface area contributed by atoms with Crippen LogP contribution < -0.4 is 10.1 Å². The molecule has 6 heteroatoms. The minimum atomic E-state index is -3.00. The fourth-order valence-corrected chi connectivity index (χ4v) is 1.91. The average molecular weight is 273 g/mol. The molecule has 2 N–H and O–H groups in total. The van der Waals surface area contributed by atoms with Gasteiger partial charge in [-0.1, -0.05) is 18.2 Å². The van der Waals surface area contributed by atoms with Crippen LogP contribution in [0.3, 0.4) is 0 Å². The number of rotatable bonds is 6. The Kier molecular flexibility index (Phi) is 4.83. The van der Waals surface area contributed by atoms with Gasteiger partial charge in [0.15, 0.2) is 0 Å². The van der Waals surface area contributed by atoms with Crippen LogP contribution in [0, 0.1) is 0 Å². The molecule has 0 aromatic heterocycles. The number of carboxylic acid groups (broad SMARTS) is 1. The SMILES string of the molecule is CC(C)NC(C)(C(=O)O)c1ccccc1OC(F)F. The summed E-state index contributed by atoms with van der Waals surface area (Å²) in [5.41, 5.74) is -1.34. The highest BCUT2D eigenvalue weighted by Crippen LogP contribution is 2.31. The molecule has 1 rings (SSSR count). The van der Waals surface area contributed by atoms with Crippen molar-refractivity contribution in [1.82, 2.24) is 5.32 Å². The molecular weight excluding hydrogens is 256 g/mol. The van der Waals surface area contributed by atoms with Crippen LogP contribution in [0.1, 0.15) is 26.3 Å². The zero-order chi connectivity index (χ0) is 14.6. The molecule has 0 bridgehead atoms. The number of para-hydroxylation sites is 1. The van der Waals surface area contributed by atoms with Crippen molar-refractivity contribution in [2.75, 3.05) is 0 Å². The number of carboxylic acids is 1. The molecule has 0 spiro atoms. The Hall–Kier alpha value is -1.69. The van der Waals surface area contributed by atoms with Gasteiger partial charge in [0.2, 0.25) is 0 Å². The van der Waals surface area contributed by atoms with Gasteiger partial charge in [0.25, 0.3) is 0 Å². The molecule has 4 nitrogen and oxygen atoms in total. The first-order chi connectivity index (χ1) is 8.77. The molecule has 19 heavy (non-hydrogen) atoms. The third-order valence-corrected chi connectivity index (χ3v) is 2.65. The van der Waals surface area contributed by atoms with Crippen LogP contribution >= 0.6 is 0 Å². The van der Waals surface area contributed by atoms with Gasteiger partial charge < -0.3 is 9.84 Å². The average Bonchev–Trinajstić information content (AvgIpc) is 2.27. The topological polar surface area (TPSA) is 58.6 Å². The number of aliphatic carboxylic acids is 1. The summed E-state index contributed by atoms with van der Waals surface area (Å²) < 4.78 is 29.1. The summed E-state index contributed by atoms with van der Waals surface area (Å²) in [5.74, 6) is -1.30. The van der Waals surface area contributed by atoms with Crippen LogP contribution in [-0.2, 0) is 10.3 Å². The molecule has 0 amide bonds. The standard InChI is InChI=1S/C13H17F2NO3/c1-8(2)16-13(3,11(17)18)9-6-4-5-7-10(9)19-12(14)15/h4-8,12,16H,1-3H3,(H,17,18). The second-order valence-electron chi connectivity index (χ2n) is 4.60. The Morgan fingerprint density at radius 3 is 2.42 bits per heavy atom. The highest BCUT2D eigenvalue weighted by molar-refractivity contribution is 5.81. The van der Waals surface area contributed by atoms with E-state index in [4.69, 9.17) is 0 Å². The van der Waals surface area contributed by atoms with Gasteiger partial charge in [-0.2, -0.15) is 8.78 Å². The minimum Gasteiger partial charge on any atom is -0.480 e. The molecule has 1 aromatic rings. The Morgan fingerprint density at radius 2 is 1.95 bits per heavy atom. The van der Waals surface area contributed by atoms with Gasteiger partial charge in [-0.25, -0.2) is 4.79 Å². The molecule has 0 aliphatic carbocycles. The molecular formula is C13H17F2NO3. The lowest BCUT2D eigenvalue weighted by Gasteiger charge is -2.30. The van der Waals surface area contributed by atoms with Crippen molar-refractivity contribution in [2.45, 2.75) is 39.0 Å². The van der Waals surface area contributed by atoms with Gasteiger partial charge in [0.1, 0.15) is 11.3 Å². The lowest BCUT2D eigenvalue weighted by molar-refractivity contribution is -0.145. The fourth-order valence-electron chi connectivity index (χ4n) is 1.91. The Bertz CT molecular complexity index is 451. The second-order valence-corrected chi connectivity index (χ2v) is 4.60. The number of ether oxygens (including phenoxy) is 1. The molecule has 0 saturated carbocycles. The largest absolute Gasteiger partial charge is 0.480 e. The first kappa shape index (κ1) is 15.4. The summed E-state index contributed by atoms with van der Waals surface area (Å²) in [7, 11) is 0. The van der Waals surface area contributed by atoms with Gasteiger partial charge in [0.05, 0.1) is 0 Å². The first-order valence-corrected chi connectivity index (χ1v) is 5.82. The molecule has 0 radical (unpaired) electrons. The third kappa shape index (κ3) is 3.64. The smallest absolute Gasteiger partial charge is 0.387 e. The predicted octanol–water partition coefficient (Wildman–Crippen LogP) is 2.59. The van der Waals surface area contributed by atoms with E-state index in [0.29, 0.717) is 0 Å². The molecule has 1 aromatic carbocycles. The molecule has 1 unspecified atom stereocenters. The van der Waals surface area contributed by atoms with Crippen LogP contribution in [0.4, 0.5) is 8.78 Å². The molecule has 106 valence electrons. The van der Waals surface area contributed by atoms with Crippen molar-refractivity contribution in [3.63, 3.8) is 0 Å². The maximum absolute atomic E-state index is 12.4. The van der Waals surface area contributed by atoms with Crippen molar-refractivity contribution in [1.29, 1.82) is 0 Å². The van der Waals surface area contributed by atoms with E-state index in [-0.39, 0.29) is 17.4 Å². The van der Waals surface area contributed by atoms with E-state index in [1.165, 1.54) is 25.1 Å². The van der Waals surface area contributed by atoms with Crippen molar-refractivity contribution in [2.24, 2.45) is 0 Å². The summed E-state index contributed by atoms with van der Waals surface area (Å²) in [6, 6.07) is 5.74. The van der Waals surface area contributed by atoms with E-state index in [2.05, 4.69) is 10.1 Å². The van der Waals surface area contributed by atoms with Gasteiger partial charge >= 0.3 is 12.6 Å². The Balaban J connectivity index is 3.26. The van der Waals surface area contributed by atoms with Crippen LogP contribution in [0.25, 0.3) is 0 Å². The van der Waals surface area contributed by atoms with Gasteiger partial charge in [-0.05, 0) is 26.8 Å². The summed E-state index contributed by atoms with van der Waals surface area (Å²) in [4.78, 5) is 11.5. The van der Waals surface area contributed by atoms with E-state index in [1.807, 2.05) is 0 Å². The van der Waals surface area contributed by atoms with E-state index >= 15 is 0 Å². The van der Waals surface area contributed by atoms with Crippen molar-refractivity contribution in [3.05, 3.63) is 29.8 Å². The second kappa shape index (κ2) is 5.97. The molecule has 0 aliphatic heterocycles. The van der Waals surface area contributed by atoms with Crippen LogP contribution in [0.5, 0.6) is 5.75 Å². The summed E-state index contributed by atoms with van der Waals surface area (Å²) in [6.07, 6.45) is 0. The van der Waals surface area contributed by atoms with E-state index < -0.39 is 18.1 Å². The minimum absolute atomic E-state index is 0.138. The predicted molar refractivity (Wildman–Crippen MR) is 66.3 cm³/mol. The van der Waals surface area contributed by atoms with Crippen LogP contribution in [0.2, 0.25) is 0 Å². The number of carbonyl (C=O) groups is 1. The Labute approximate surface area is 110 Å². The van der Waals surface area contributed by atoms with Crippen molar-refractivity contribution < 1.29 is 23.4 Å². The number of hydrogen-bond acceptors (Lipinski definition) is 3. The lowest BCUT2D eigenvalue weighted by atomic mass is 9.90. The van der Waals surface area contributed by atoms with Crippen molar-refractivity contribution in [3.8, 4) is 5.75 Å². The maximum Gasteiger partial charge on any atom is 0.387 e. The van der Waals surface area contributed by atoms with E-state index in [9.17, 15) is 18.7 Å². The van der Waals surface area contributed by atoms with Crippen molar-refractivity contribution >= 4 is 5.97 Å². The summed E-state index contributed by atoms with van der Waals surface area (Å²) in [5, 5.41) is 12.2. The lowest BCUT2D eigenvalue weighted by Crippen LogP contribution is -2.49. The highest BCUT2D eigenvalue weighted by atomic mass is 19.3. The maximum atomic E-state index is 12.4. The summed E-state index contributed by atoms with van der Waals surface area (Å²) in [6.45, 7) is 1.97. The fraction of sp³-hybridized carbons (Fsp3) is 0.462. The van der Waals surface area contributed by atoms with Gasteiger partial charge in [0, 0.05) is 11.6 Å². The number of benzene rings is 1. The zero-order valence-electron chi connectivity index (χ0n) is 11.0. The van der Waals surface area contributed by atoms with Gasteiger partial charge in [-0.3, -0.25) is 5.32 Å². The normalized spacial score (nSPS) is 14.5. The van der Waals surface area contributed by atoms with Crippen LogP contribution in [-0.4, -0.2) is 23.7 Å². The number of halogens is 2. The van der Waals surface area contributed by atoms with Gasteiger partial charge in [-0.15, -0.1) is 0 Å². The number of alkyl halides is 2. The van der Waals surface area contributed by atoms with Crippen LogP contribution in [0.15, 0.2) is 24.3 Å². The number of hydrogen-bond donors (Lipinski definition) is 2. The van der Waals surface area contributed by atoms with E-state index in [1.54, 1.807) is 19.9 Å². The third-order valence-electron chi connectivity index (χ3n) is 2.65. The first-order valence-electron chi connectivity index (χ1n) is 5.82. The molecule has 0 heterocycles. The van der Waals surface area contributed by atoms with E-state index in [0.717, 1.165) is 0 Å². The molecule has 1 atom stereocenters. The monoisotopic (exact) mass is 273 g/mol. The summed E-state index contributed by atoms with van der Waals surface area (Å²) >= 11 is 0. The molecule has 0 fully saturated rings. The quantitative estimate of drug-likeness (QED) is 0.836. The Morgan fingerprint density at radius 1 is 1.37 bits per heavy atom. The zero-order valence-corrected chi connectivity index (χ0v) is 11.0.